The van der Waals surface area contributed by atoms with Crippen LogP contribution < -0.4 is 5.32 Å². The normalized spacial score (nSPS) is 15.9. The molecule has 0 aliphatic carbocycles. The summed E-state index contributed by atoms with van der Waals surface area (Å²) in [5.74, 6) is 0.543. The van der Waals surface area contributed by atoms with E-state index in [1.807, 2.05) is 13.0 Å². The highest BCUT2D eigenvalue weighted by molar-refractivity contribution is 5.92. The van der Waals surface area contributed by atoms with Crippen molar-refractivity contribution in [2.75, 3.05) is 13.1 Å². The van der Waals surface area contributed by atoms with E-state index in [2.05, 4.69) is 47.3 Å². The van der Waals surface area contributed by atoms with Gasteiger partial charge in [0.2, 0.25) is 5.95 Å². The first kappa shape index (κ1) is 17.2. The summed E-state index contributed by atoms with van der Waals surface area (Å²) in [6.45, 7) is 8.42. The second-order valence-electron chi connectivity index (χ2n) is 7.72. The Morgan fingerprint density at radius 3 is 2.58 bits per heavy atom. The molecule has 3 heterocycles. The average Bonchev–Trinajstić information content (AvgIpc) is 3.00. The molecule has 3 nitrogen and oxygen atoms in total. The number of nitrogens with zero attached hydrogens (tertiary/aromatic N) is 1. The van der Waals surface area contributed by atoms with Crippen LogP contribution in [0.25, 0.3) is 22.2 Å². The molecular formula is C22H26FN3. The highest BCUT2D eigenvalue weighted by atomic mass is 19.1. The molecule has 3 aromatic rings. The van der Waals surface area contributed by atoms with Gasteiger partial charge in [0.25, 0.3) is 0 Å². The van der Waals surface area contributed by atoms with E-state index in [0.29, 0.717) is 17.5 Å². The van der Waals surface area contributed by atoms with E-state index >= 15 is 0 Å². The van der Waals surface area contributed by atoms with Gasteiger partial charge in [-0.3, -0.25) is 0 Å². The molecule has 1 saturated heterocycles. The van der Waals surface area contributed by atoms with Crippen molar-refractivity contribution in [2.24, 2.45) is 0 Å². The van der Waals surface area contributed by atoms with Crippen LogP contribution in [-0.4, -0.2) is 23.1 Å². The predicted octanol–water partition coefficient (Wildman–Crippen LogP) is 5.27. The summed E-state index contributed by atoms with van der Waals surface area (Å²) in [6, 6.07) is 10.3. The molecule has 0 unspecified atom stereocenters. The van der Waals surface area contributed by atoms with Crippen molar-refractivity contribution in [3.8, 4) is 11.3 Å². The summed E-state index contributed by atoms with van der Waals surface area (Å²) in [6.07, 6.45) is 2.38. The van der Waals surface area contributed by atoms with Crippen LogP contribution in [0.4, 0.5) is 4.39 Å². The number of aromatic amines is 1. The maximum atomic E-state index is 13.9. The molecule has 0 amide bonds. The number of aromatic nitrogens is 2. The van der Waals surface area contributed by atoms with Crippen LogP contribution in [0.15, 0.2) is 30.3 Å². The van der Waals surface area contributed by atoms with Crippen LogP contribution in [0, 0.1) is 12.9 Å². The van der Waals surface area contributed by atoms with Gasteiger partial charge in [0.05, 0.1) is 5.69 Å². The first-order valence-electron chi connectivity index (χ1n) is 9.53. The Morgan fingerprint density at radius 2 is 1.88 bits per heavy atom. The zero-order chi connectivity index (χ0) is 18.3. The predicted molar refractivity (Wildman–Crippen MR) is 105 cm³/mol. The van der Waals surface area contributed by atoms with Crippen molar-refractivity contribution in [3.05, 3.63) is 53.1 Å². The topological polar surface area (TPSA) is 40.7 Å². The SMILES string of the molecule is Cc1cc(-c2[nH]c3ccc(C4CCNCC4)cc3c2C(C)C)cc(F)n1. The summed E-state index contributed by atoms with van der Waals surface area (Å²) in [7, 11) is 0. The number of pyridine rings is 1. The molecule has 2 N–H and O–H groups in total. The Hall–Kier alpha value is -2.20. The van der Waals surface area contributed by atoms with Crippen LogP contribution >= 0.6 is 0 Å². The summed E-state index contributed by atoms with van der Waals surface area (Å²) < 4.78 is 13.9. The van der Waals surface area contributed by atoms with Crippen molar-refractivity contribution >= 4 is 10.9 Å². The van der Waals surface area contributed by atoms with Gasteiger partial charge in [-0.1, -0.05) is 19.9 Å². The zero-order valence-corrected chi connectivity index (χ0v) is 15.7. The van der Waals surface area contributed by atoms with Crippen molar-refractivity contribution in [3.63, 3.8) is 0 Å². The third-order valence-electron chi connectivity index (χ3n) is 5.46. The number of fused-ring (bicyclic) bond motifs is 1. The Balaban J connectivity index is 1.87. The Labute approximate surface area is 154 Å². The average molecular weight is 351 g/mol. The second-order valence-corrected chi connectivity index (χ2v) is 7.72. The van der Waals surface area contributed by atoms with Gasteiger partial charge in [0.1, 0.15) is 0 Å². The molecule has 136 valence electrons. The molecule has 0 radical (unpaired) electrons. The van der Waals surface area contributed by atoms with E-state index in [-0.39, 0.29) is 0 Å². The minimum absolute atomic E-state index is 0.346. The van der Waals surface area contributed by atoms with Crippen LogP contribution in [0.3, 0.4) is 0 Å². The van der Waals surface area contributed by atoms with Crippen LogP contribution in [0.2, 0.25) is 0 Å². The Morgan fingerprint density at radius 1 is 1.12 bits per heavy atom. The number of aryl methyl sites for hydroxylation is 1. The van der Waals surface area contributed by atoms with E-state index < -0.39 is 5.95 Å². The van der Waals surface area contributed by atoms with Crippen molar-refractivity contribution in [2.45, 2.75) is 45.4 Å². The number of piperidine rings is 1. The van der Waals surface area contributed by atoms with Crippen LogP contribution in [-0.2, 0) is 0 Å². The summed E-state index contributed by atoms with van der Waals surface area (Å²) in [4.78, 5) is 7.42. The van der Waals surface area contributed by atoms with E-state index in [0.717, 1.165) is 29.9 Å². The van der Waals surface area contributed by atoms with Gasteiger partial charge in [-0.05, 0) is 74.0 Å². The van der Waals surface area contributed by atoms with Gasteiger partial charge >= 0.3 is 0 Å². The first-order chi connectivity index (χ1) is 12.5. The molecule has 0 saturated carbocycles. The largest absolute Gasteiger partial charge is 0.354 e. The quantitative estimate of drug-likeness (QED) is 0.631. The number of hydrogen-bond donors (Lipinski definition) is 2. The number of halogens is 1. The molecule has 1 aliphatic rings. The lowest BCUT2D eigenvalue weighted by Crippen LogP contribution is -2.26. The molecular weight excluding hydrogens is 325 g/mol. The van der Waals surface area contributed by atoms with Crippen LogP contribution in [0.5, 0.6) is 0 Å². The minimum atomic E-state index is -0.427. The molecule has 2 aromatic heterocycles. The number of rotatable bonds is 3. The first-order valence-corrected chi connectivity index (χ1v) is 9.53. The lowest BCUT2D eigenvalue weighted by molar-refractivity contribution is 0.460. The molecule has 0 bridgehead atoms. The molecule has 0 spiro atoms. The summed E-state index contributed by atoms with van der Waals surface area (Å²) >= 11 is 0. The fraction of sp³-hybridized carbons (Fsp3) is 0.409. The fourth-order valence-corrected chi connectivity index (χ4v) is 4.24. The van der Waals surface area contributed by atoms with Gasteiger partial charge in [0.15, 0.2) is 0 Å². The summed E-state index contributed by atoms with van der Waals surface area (Å²) in [5.41, 5.74) is 6.39. The third-order valence-corrected chi connectivity index (χ3v) is 5.46. The monoisotopic (exact) mass is 351 g/mol. The zero-order valence-electron chi connectivity index (χ0n) is 15.7. The van der Waals surface area contributed by atoms with Crippen molar-refractivity contribution in [1.29, 1.82) is 0 Å². The standard InChI is InChI=1S/C22H26FN3/c1-13(2)21-18-11-16(15-6-8-24-9-7-15)4-5-19(18)26-22(21)17-10-14(3)25-20(23)12-17/h4-5,10-13,15,24,26H,6-9H2,1-3H3. The van der Waals surface area contributed by atoms with Gasteiger partial charge < -0.3 is 10.3 Å². The molecule has 4 rings (SSSR count). The Kier molecular flexibility index (Phi) is 4.53. The lowest BCUT2D eigenvalue weighted by atomic mass is 9.88. The van der Waals surface area contributed by atoms with Gasteiger partial charge in [-0.25, -0.2) is 4.98 Å². The van der Waals surface area contributed by atoms with Crippen molar-refractivity contribution < 1.29 is 4.39 Å². The van der Waals surface area contributed by atoms with Crippen molar-refractivity contribution in [1.82, 2.24) is 15.3 Å². The van der Waals surface area contributed by atoms with Gasteiger partial charge in [0, 0.05) is 28.2 Å². The molecule has 1 aliphatic heterocycles. The minimum Gasteiger partial charge on any atom is -0.354 e. The number of H-pyrrole nitrogens is 1. The highest BCUT2D eigenvalue weighted by Gasteiger charge is 2.20. The molecule has 1 aromatic carbocycles. The number of hydrogen-bond acceptors (Lipinski definition) is 2. The maximum absolute atomic E-state index is 13.9. The number of nitrogens with one attached hydrogen (secondary N) is 2. The lowest BCUT2D eigenvalue weighted by Gasteiger charge is -2.23. The molecule has 26 heavy (non-hydrogen) atoms. The van der Waals surface area contributed by atoms with E-state index in [1.165, 1.54) is 35.4 Å². The third kappa shape index (κ3) is 3.14. The smallest absolute Gasteiger partial charge is 0.213 e. The van der Waals surface area contributed by atoms with Gasteiger partial charge in [-0.2, -0.15) is 4.39 Å². The molecule has 0 atom stereocenters. The number of benzene rings is 1. The second kappa shape index (κ2) is 6.84. The Bertz CT molecular complexity index is 916. The molecule has 4 heteroatoms. The molecule has 1 fully saturated rings. The fourth-order valence-electron chi connectivity index (χ4n) is 4.24. The van der Waals surface area contributed by atoms with E-state index in [4.69, 9.17) is 0 Å². The highest BCUT2D eigenvalue weighted by Crippen LogP contribution is 2.38. The van der Waals surface area contributed by atoms with Gasteiger partial charge in [-0.15, -0.1) is 0 Å². The van der Waals surface area contributed by atoms with E-state index in [1.54, 1.807) is 0 Å². The van der Waals surface area contributed by atoms with Crippen LogP contribution in [0.1, 0.15) is 55.3 Å². The maximum Gasteiger partial charge on any atom is 0.213 e. The van der Waals surface area contributed by atoms with E-state index in [9.17, 15) is 4.39 Å². The summed E-state index contributed by atoms with van der Waals surface area (Å²) in [5, 5.41) is 4.70.